The average Bonchev–Trinajstić information content (AvgIpc) is 3.64. The third-order valence-corrected chi connectivity index (χ3v) is 6.87. The molecule has 0 spiro atoms. The van der Waals surface area contributed by atoms with Crippen molar-refractivity contribution in [1.82, 2.24) is 25.1 Å². The molecule has 0 bridgehead atoms. The summed E-state index contributed by atoms with van der Waals surface area (Å²) in [6.45, 7) is 1.90. The predicted octanol–water partition coefficient (Wildman–Crippen LogP) is 5.90. The molecule has 3 aromatic heterocycles. The minimum atomic E-state index is -4.11. The number of fused-ring (bicyclic) bond motifs is 1. The van der Waals surface area contributed by atoms with Crippen molar-refractivity contribution >= 4 is 21.6 Å². The van der Waals surface area contributed by atoms with E-state index >= 15 is 0 Å². The minimum absolute atomic E-state index is 0.0732. The fourth-order valence-electron chi connectivity index (χ4n) is 3.57. The lowest BCUT2D eigenvalue weighted by Crippen LogP contribution is -2.10. The van der Waals surface area contributed by atoms with Crippen LogP contribution in [0.25, 0.3) is 32.9 Å². The van der Waals surface area contributed by atoms with Crippen molar-refractivity contribution in [2.45, 2.75) is 31.9 Å². The Morgan fingerprint density at radius 2 is 1.86 bits per heavy atom. The van der Waals surface area contributed by atoms with Crippen LogP contribution in [0.3, 0.4) is 0 Å². The molecule has 5 aromatic rings. The molecule has 0 amide bonds. The van der Waals surface area contributed by atoms with E-state index in [1.165, 1.54) is 14.2 Å². The van der Waals surface area contributed by atoms with Gasteiger partial charge in [-0.3, -0.25) is 9.78 Å². The molecule has 0 aliphatic carbocycles. The molecule has 0 saturated carbocycles. The van der Waals surface area contributed by atoms with Crippen LogP contribution in [0, 0.1) is 12.0 Å². The number of nitrogens with zero attached hydrogens (tertiary/aromatic N) is 4. The number of aromatic nitrogens is 5. The van der Waals surface area contributed by atoms with Crippen molar-refractivity contribution in [2.75, 3.05) is 14.2 Å². The molecular weight excluding hydrogens is 575 g/mol. The van der Waals surface area contributed by atoms with E-state index in [0.29, 0.717) is 5.89 Å². The van der Waals surface area contributed by atoms with Gasteiger partial charge in [0.05, 0.1) is 36.8 Å². The number of hydrogen-bond acceptors (Lipinski definition) is 10. The van der Waals surface area contributed by atoms with Gasteiger partial charge in [0.15, 0.2) is 5.69 Å². The summed E-state index contributed by atoms with van der Waals surface area (Å²) in [5, 5.41) is 18.9. The molecule has 1 atom stereocenters. The van der Waals surface area contributed by atoms with Gasteiger partial charge in [-0.05, 0) is 30.2 Å². The summed E-state index contributed by atoms with van der Waals surface area (Å²) in [6.07, 6.45) is -3.11. The van der Waals surface area contributed by atoms with Gasteiger partial charge in [-0.25, -0.2) is 4.98 Å². The number of ether oxygens (including phenoxy) is 2. The highest BCUT2D eigenvalue weighted by atomic mass is 32.1. The number of methoxy groups -OCH3 is 2. The highest BCUT2D eigenvalue weighted by molar-refractivity contribution is 7.18. The molecule has 1 unspecified atom stereocenters. The van der Waals surface area contributed by atoms with E-state index in [-0.39, 0.29) is 29.9 Å². The van der Waals surface area contributed by atoms with E-state index in [9.17, 15) is 23.1 Å². The monoisotopic (exact) mass is 599 g/mol. The zero-order valence-electron chi connectivity index (χ0n) is 22.5. The Hall–Kier alpha value is -4.90. The van der Waals surface area contributed by atoms with Gasteiger partial charge in [-0.1, -0.05) is 42.3 Å². The van der Waals surface area contributed by atoms with Gasteiger partial charge in [-0.15, -0.1) is 21.5 Å². The van der Waals surface area contributed by atoms with E-state index in [0.717, 1.165) is 26.4 Å². The smallest absolute Gasteiger partial charge is 0.390 e. The molecule has 0 aliphatic heterocycles. The van der Waals surface area contributed by atoms with Crippen LogP contribution in [0.5, 0.6) is 11.8 Å². The second kappa shape index (κ2) is 13.2. The van der Waals surface area contributed by atoms with E-state index < -0.39 is 23.9 Å². The number of thiazole rings is 1. The second-order valence-corrected chi connectivity index (χ2v) is 9.70. The molecule has 0 aliphatic rings. The van der Waals surface area contributed by atoms with Crippen molar-refractivity contribution in [2.24, 2.45) is 0 Å². The first kappa shape index (κ1) is 30.1. The summed E-state index contributed by atoms with van der Waals surface area (Å²) >= 11 is 1.55. The third-order valence-electron chi connectivity index (χ3n) is 5.67. The molecule has 14 heteroatoms. The maximum Gasteiger partial charge on any atom is 0.390 e. The number of H-pyrrole nitrogens is 1. The number of alkyl halides is 3. The Morgan fingerprint density at radius 1 is 1.10 bits per heavy atom. The Labute approximate surface area is 241 Å². The van der Waals surface area contributed by atoms with Gasteiger partial charge in [0, 0.05) is 6.42 Å². The Balaban J connectivity index is 0.000000349. The van der Waals surface area contributed by atoms with Crippen LogP contribution < -0.4 is 10.3 Å². The lowest BCUT2D eigenvalue weighted by Gasteiger charge is -2.03. The molecule has 3 heterocycles. The summed E-state index contributed by atoms with van der Waals surface area (Å²) in [5.41, 5.74) is 2.23. The third kappa shape index (κ3) is 7.43. The van der Waals surface area contributed by atoms with Gasteiger partial charge in [-0.2, -0.15) is 18.2 Å². The van der Waals surface area contributed by atoms with Crippen LogP contribution in [0.4, 0.5) is 13.2 Å². The molecule has 10 nitrogen and oxygen atoms in total. The summed E-state index contributed by atoms with van der Waals surface area (Å²) in [6, 6.07) is 16.2. The summed E-state index contributed by atoms with van der Waals surface area (Å²) in [7, 11) is 2.65. The van der Waals surface area contributed by atoms with Crippen molar-refractivity contribution in [1.29, 1.82) is 0 Å². The van der Waals surface area contributed by atoms with E-state index in [1.807, 2.05) is 37.3 Å². The largest absolute Gasteiger partial charge is 0.501 e. The molecule has 2 aromatic carbocycles. The molecule has 5 rings (SSSR count). The van der Waals surface area contributed by atoms with E-state index in [1.54, 1.807) is 11.3 Å². The summed E-state index contributed by atoms with van der Waals surface area (Å²) in [5.74, 6) is 1.50. The second-order valence-electron chi connectivity index (χ2n) is 8.64. The topological polar surface area (TPSA) is 136 Å². The predicted molar refractivity (Wildman–Crippen MR) is 149 cm³/mol. The molecule has 218 valence electrons. The first-order valence-corrected chi connectivity index (χ1v) is 13.2. The van der Waals surface area contributed by atoms with E-state index in [4.69, 9.17) is 14.1 Å². The van der Waals surface area contributed by atoms with Crippen molar-refractivity contribution in [3.63, 3.8) is 0 Å². The van der Waals surface area contributed by atoms with Gasteiger partial charge in [0.25, 0.3) is 17.5 Å². The Kier molecular flexibility index (Phi) is 9.43. The van der Waals surface area contributed by atoms with Crippen LogP contribution in [0.15, 0.2) is 57.7 Å². The molecule has 42 heavy (non-hydrogen) atoms. The molecule has 0 fully saturated rings. The van der Waals surface area contributed by atoms with Crippen LogP contribution >= 0.6 is 11.3 Å². The summed E-state index contributed by atoms with van der Waals surface area (Å²) in [4.78, 5) is 22.9. The molecule has 2 N–H and O–H groups in total. The maximum absolute atomic E-state index is 11.9. The van der Waals surface area contributed by atoms with Crippen LogP contribution in [0.1, 0.15) is 36.6 Å². The van der Waals surface area contributed by atoms with E-state index in [2.05, 4.69) is 55.1 Å². The number of rotatable bonds is 6. The zero-order valence-corrected chi connectivity index (χ0v) is 23.3. The van der Waals surface area contributed by atoms with Gasteiger partial charge >= 0.3 is 6.18 Å². The summed E-state index contributed by atoms with van der Waals surface area (Å²) < 4.78 is 50.1. The van der Waals surface area contributed by atoms with Gasteiger partial charge in [0.1, 0.15) is 11.1 Å². The first-order chi connectivity index (χ1) is 20.1. The number of aromatic hydroxyl groups is 1. The number of hydrogen-bond donors (Lipinski definition) is 2. The lowest BCUT2D eigenvalue weighted by molar-refractivity contribution is -0.133. The number of nitrogens with one attached hydrogen (secondary N) is 1. The first-order valence-electron chi connectivity index (χ1n) is 12.3. The molecule has 0 saturated heterocycles. The highest BCUT2D eigenvalue weighted by Crippen LogP contribution is 2.34. The standard InChI is InChI=1S/C22H17N5O4S.C6H7F3O/c1-11(19-26-27-20(31-19)16-17(28)18(29)25-22(24-16)30-2)21-23-14-9-8-13(10-15(14)32-21)12-6-4-3-5-7-12;1-10-5-3-2-4-6(7,8)9/h3-11,28H,1-2H3,(H,24,25,29);2,4H2,1H3. The normalized spacial score (nSPS) is 11.7. The highest BCUT2D eigenvalue weighted by Gasteiger charge is 2.26. The maximum atomic E-state index is 11.9. The number of benzene rings is 2. The molecule has 0 radical (unpaired) electrons. The zero-order chi connectivity index (χ0) is 30.3. The number of aromatic amines is 1. The van der Waals surface area contributed by atoms with Crippen LogP contribution in [-0.4, -0.2) is 50.7 Å². The van der Waals surface area contributed by atoms with Crippen molar-refractivity contribution in [3.8, 4) is 46.5 Å². The molecular formula is C28H24F3N5O5S. The quantitative estimate of drug-likeness (QED) is 0.229. The van der Waals surface area contributed by atoms with Gasteiger partial charge in [0.2, 0.25) is 11.6 Å². The number of halogens is 3. The lowest BCUT2D eigenvalue weighted by atomic mass is 10.1. The van der Waals surface area contributed by atoms with Crippen molar-refractivity contribution < 1.29 is 32.2 Å². The average molecular weight is 600 g/mol. The Morgan fingerprint density at radius 3 is 2.55 bits per heavy atom. The van der Waals surface area contributed by atoms with Crippen LogP contribution in [-0.2, 0) is 4.74 Å². The SMILES string of the molecule is COC#CCCC(F)(F)F.COc1nc(-c2nnc(C(C)c3nc4ccc(-c5ccccc5)cc4s3)o2)c(O)c(=O)[nH]1. The van der Waals surface area contributed by atoms with Crippen molar-refractivity contribution in [3.05, 3.63) is 69.8 Å². The Bertz CT molecular complexity index is 1770. The van der Waals surface area contributed by atoms with Gasteiger partial charge < -0.3 is 19.0 Å². The fourth-order valence-corrected chi connectivity index (χ4v) is 4.62. The fraction of sp³-hybridized carbons (Fsp3) is 0.250. The van der Waals surface area contributed by atoms with Crippen LogP contribution in [0.2, 0.25) is 0 Å². The minimum Gasteiger partial charge on any atom is -0.501 e.